The van der Waals surface area contributed by atoms with Gasteiger partial charge in [0, 0.05) is 31.7 Å². The molecule has 2 rings (SSSR count). The zero-order chi connectivity index (χ0) is 13.9. The molecule has 1 saturated heterocycles. The van der Waals surface area contributed by atoms with Gasteiger partial charge >= 0.3 is 6.03 Å². The van der Waals surface area contributed by atoms with Crippen LogP contribution in [-0.2, 0) is 6.54 Å². The van der Waals surface area contributed by atoms with Crippen LogP contribution in [0.25, 0.3) is 0 Å². The molecule has 5 heteroatoms. The molecule has 5 nitrogen and oxygen atoms in total. The molecule has 1 aliphatic rings. The molecule has 1 fully saturated rings. The van der Waals surface area contributed by atoms with E-state index < -0.39 is 0 Å². The Morgan fingerprint density at radius 2 is 2.00 bits per heavy atom. The standard InChI is InChI=1S/C14H23N3O2/c1-14(2,3)15-13(18)17-8-6-16(7-9-17)11-12-5-4-10-19-12/h4-5,10H,6-9,11H2,1-3H3,(H,15,18). The van der Waals surface area contributed by atoms with Crippen LogP contribution >= 0.6 is 0 Å². The number of rotatable bonds is 2. The minimum Gasteiger partial charge on any atom is -0.468 e. The molecule has 0 saturated carbocycles. The molecule has 1 aliphatic heterocycles. The monoisotopic (exact) mass is 265 g/mol. The van der Waals surface area contributed by atoms with Crippen LogP contribution in [0.1, 0.15) is 26.5 Å². The lowest BCUT2D eigenvalue weighted by atomic mass is 10.1. The lowest BCUT2D eigenvalue weighted by molar-refractivity contribution is 0.126. The van der Waals surface area contributed by atoms with Crippen molar-refractivity contribution >= 4 is 6.03 Å². The highest BCUT2D eigenvalue weighted by Gasteiger charge is 2.24. The number of nitrogens with one attached hydrogen (secondary N) is 1. The second kappa shape index (κ2) is 5.65. The first-order valence-electron chi connectivity index (χ1n) is 6.76. The summed E-state index contributed by atoms with van der Waals surface area (Å²) in [6, 6.07) is 3.92. The topological polar surface area (TPSA) is 48.7 Å². The van der Waals surface area contributed by atoms with Crippen LogP contribution in [0.5, 0.6) is 0 Å². The molecule has 0 bridgehead atoms. The average molecular weight is 265 g/mol. The Morgan fingerprint density at radius 1 is 1.32 bits per heavy atom. The van der Waals surface area contributed by atoms with Gasteiger partial charge in [-0.25, -0.2) is 4.79 Å². The number of nitrogens with zero attached hydrogens (tertiary/aromatic N) is 2. The van der Waals surface area contributed by atoms with E-state index in [4.69, 9.17) is 4.42 Å². The van der Waals surface area contributed by atoms with E-state index in [1.165, 1.54) is 0 Å². The number of carbonyl (C=O) groups excluding carboxylic acids is 1. The van der Waals surface area contributed by atoms with E-state index in [1.807, 2.05) is 37.8 Å². The molecule has 106 valence electrons. The van der Waals surface area contributed by atoms with Gasteiger partial charge in [0.2, 0.25) is 0 Å². The van der Waals surface area contributed by atoms with Gasteiger partial charge in [-0.2, -0.15) is 0 Å². The van der Waals surface area contributed by atoms with Crippen LogP contribution in [0, 0.1) is 0 Å². The second-order valence-corrected chi connectivity index (χ2v) is 6.02. The normalized spacial score (nSPS) is 17.5. The Morgan fingerprint density at radius 3 is 2.53 bits per heavy atom. The summed E-state index contributed by atoms with van der Waals surface area (Å²) in [5, 5.41) is 3.00. The van der Waals surface area contributed by atoms with Crippen molar-refractivity contribution in [2.45, 2.75) is 32.9 Å². The number of furan rings is 1. The molecule has 0 aliphatic carbocycles. The maximum atomic E-state index is 12.0. The Hall–Kier alpha value is -1.49. The van der Waals surface area contributed by atoms with Gasteiger partial charge in [-0.05, 0) is 32.9 Å². The summed E-state index contributed by atoms with van der Waals surface area (Å²) in [5.41, 5.74) is -0.178. The third kappa shape index (κ3) is 4.28. The van der Waals surface area contributed by atoms with Gasteiger partial charge in [0.05, 0.1) is 12.8 Å². The highest BCUT2D eigenvalue weighted by atomic mass is 16.3. The number of urea groups is 1. The van der Waals surface area contributed by atoms with Crippen LogP contribution in [0.3, 0.4) is 0 Å². The largest absolute Gasteiger partial charge is 0.468 e. The SMILES string of the molecule is CC(C)(C)NC(=O)N1CCN(Cc2ccco2)CC1. The number of carbonyl (C=O) groups is 1. The molecule has 0 atom stereocenters. The number of piperazine rings is 1. The fourth-order valence-electron chi connectivity index (χ4n) is 2.13. The Balaban J connectivity index is 1.77. The molecule has 2 amide bonds. The molecule has 1 N–H and O–H groups in total. The third-order valence-electron chi connectivity index (χ3n) is 3.10. The molecule has 0 unspecified atom stereocenters. The molecule has 1 aromatic rings. The van der Waals surface area contributed by atoms with Gasteiger partial charge < -0.3 is 14.6 Å². The van der Waals surface area contributed by atoms with Gasteiger partial charge in [0.15, 0.2) is 0 Å². The minimum atomic E-state index is -0.178. The van der Waals surface area contributed by atoms with Crippen molar-refractivity contribution in [1.29, 1.82) is 0 Å². The molecule has 0 radical (unpaired) electrons. The smallest absolute Gasteiger partial charge is 0.317 e. The highest BCUT2D eigenvalue weighted by Crippen LogP contribution is 2.10. The van der Waals surface area contributed by atoms with Crippen molar-refractivity contribution in [3.05, 3.63) is 24.2 Å². The first kappa shape index (κ1) is 13.9. The number of amides is 2. The summed E-state index contributed by atoms with van der Waals surface area (Å²) in [6.07, 6.45) is 1.70. The van der Waals surface area contributed by atoms with Crippen LogP contribution in [-0.4, -0.2) is 47.5 Å². The summed E-state index contributed by atoms with van der Waals surface area (Å²) >= 11 is 0. The van der Waals surface area contributed by atoms with Gasteiger partial charge in [-0.3, -0.25) is 4.90 Å². The van der Waals surface area contributed by atoms with E-state index in [-0.39, 0.29) is 11.6 Å². The summed E-state index contributed by atoms with van der Waals surface area (Å²) in [7, 11) is 0. The number of hydrogen-bond donors (Lipinski definition) is 1. The van der Waals surface area contributed by atoms with Crippen molar-refractivity contribution in [2.24, 2.45) is 0 Å². The van der Waals surface area contributed by atoms with Gasteiger partial charge in [-0.15, -0.1) is 0 Å². The van der Waals surface area contributed by atoms with Crippen LogP contribution in [0.2, 0.25) is 0 Å². The lowest BCUT2D eigenvalue weighted by Gasteiger charge is -2.35. The van der Waals surface area contributed by atoms with E-state index in [0.717, 1.165) is 38.5 Å². The first-order chi connectivity index (χ1) is 8.94. The zero-order valence-corrected chi connectivity index (χ0v) is 12.0. The van der Waals surface area contributed by atoms with Crippen molar-refractivity contribution in [3.8, 4) is 0 Å². The predicted octanol–water partition coefficient (Wildman–Crippen LogP) is 1.91. The van der Waals surface area contributed by atoms with E-state index in [9.17, 15) is 4.79 Å². The summed E-state index contributed by atoms with van der Waals surface area (Å²) in [6.45, 7) is 10.1. The average Bonchev–Trinajstić information content (AvgIpc) is 2.80. The fraction of sp³-hybridized carbons (Fsp3) is 0.643. The fourth-order valence-corrected chi connectivity index (χ4v) is 2.13. The minimum absolute atomic E-state index is 0.0325. The summed E-state index contributed by atoms with van der Waals surface area (Å²) in [5.74, 6) is 0.979. The molecule has 0 aromatic carbocycles. The van der Waals surface area contributed by atoms with Crippen molar-refractivity contribution in [2.75, 3.05) is 26.2 Å². The molecule has 0 spiro atoms. The first-order valence-corrected chi connectivity index (χ1v) is 6.76. The van der Waals surface area contributed by atoms with Crippen LogP contribution in [0.15, 0.2) is 22.8 Å². The van der Waals surface area contributed by atoms with Gasteiger partial charge in [0.25, 0.3) is 0 Å². The van der Waals surface area contributed by atoms with Crippen LogP contribution in [0.4, 0.5) is 4.79 Å². The highest BCUT2D eigenvalue weighted by molar-refractivity contribution is 5.75. The maximum Gasteiger partial charge on any atom is 0.317 e. The molecular formula is C14H23N3O2. The lowest BCUT2D eigenvalue weighted by Crippen LogP contribution is -2.54. The van der Waals surface area contributed by atoms with Crippen molar-refractivity contribution in [3.63, 3.8) is 0 Å². The zero-order valence-electron chi connectivity index (χ0n) is 12.0. The molecular weight excluding hydrogens is 242 g/mol. The summed E-state index contributed by atoms with van der Waals surface area (Å²) < 4.78 is 5.34. The quantitative estimate of drug-likeness (QED) is 0.888. The van der Waals surface area contributed by atoms with E-state index >= 15 is 0 Å². The van der Waals surface area contributed by atoms with Gasteiger partial charge in [-0.1, -0.05) is 0 Å². The number of hydrogen-bond acceptors (Lipinski definition) is 3. The Bertz CT molecular complexity index is 401. The molecule has 2 heterocycles. The third-order valence-corrected chi connectivity index (χ3v) is 3.10. The molecule has 1 aromatic heterocycles. The van der Waals surface area contributed by atoms with Crippen molar-refractivity contribution < 1.29 is 9.21 Å². The second-order valence-electron chi connectivity index (χ2n) is 6.02. The van der Waals surface area contributed by atoms with Gasteiger partial charge in [0.1, 0.15) is 5.76 Å². The Kier molecular flexibility index (Phi) is 4.14. The summed E-state index contributed by atoms with van der Waals surface area (Å²) in [4.78, 5) is 16.2. The van der Waals surface area contributed by atoms with Crippen LogP contribution < -0.4 is 5.32 Å². The molecule has 19 heavy (non-hydrogen) atoms. The van der Waals surface area contributed by atoms with Crippen molar-refractivity contribution in [1.82, 2.24) is 15.1 Å². The van der Waals surface area contributed by atoms with E-state index in [2.05, 4.69) is 10.2 Å². The Labute approximate surface area is 114 Å². The van der Waals surface area contributed by atoms with E-state index in [1.54, 1.807) is 6.26 Å². The van der Waals surface area contributed by atoms with E-state index in [0.29, 0.717) is 0 Å². The maximum absolute atomic E-state index is 12.0. The predicted molar refractivity (Wildman–Crippen MR) is 73.8 cm³/mol.